The molecule has 74 valence electrons. The molecule has 0 atom stereocenters. The van der Waals surface area contributed by atoms with Crippen LogP contribution < -0.4 is 10.2 Å². The molecule has 0 radical (unpaired) electrons. The molecule has 1 aliphatic heterocycles. The first kappa shape index (κ1) is 8.87. The largest absolute Gasteiger partial charge is 0.390 e. The van der Waals surface area contributed by atoms with Gasteiger partial charge < -0.3 is 15.2 Å². The highest BCUT2D eigenvalue weighted by atomic mass is 15.2. The average Bonchev–Trinajstić information content (AvgIpc) is 2.66. The second kappa shape index (κ2) is 3.57. The molecule has 0 spiro atoms. The summed E-state index contributed by atoms with van der Waals surface area (Å²) in [5.74, 6) is 0.927. The first-order chi connectivity index (χ1) is 6.81. The van der Waals surface area contributed by atoms with Gasteiger partial charge in [-0.3, -0.25) is 0 Å². The van der Waals surface area contributed by atoms with E-state index in [1.54, 1.807) is 0 Å². The quantitative estimate of drug-likeness (QED) is 0.744. The van der Waals surface area contributed by atoms with Crippen molar-refractivity contribution in [1.82, 2.24) is 10.3 Å². The van der Waals surface area contributed by atoms with E-state index in [0.29, 0.717) is 0 Å². The number of aromatic nitrogens is 1. The highest BCUT2D eigenvalue weighted by Crippen LogP contribution is 2.29. The van der Waals surface area contributed by atoms with E-state index in [9.17, 15) is 0 Å². The van der Waals surface area contributed by atoms with Crippen LogP contribution in [-0.4, -0.2) is 24.8 Å². The van der Waals surface area contributed by atoms with Crippen molar-refractivity contribution in [1.29, 1.82) is 0 Å². The number of anilines is 1. The molecule has 0 aromatic carbocycles. The first-order valence-electron chi connectivity index (χ1n) is 4.64. The van der Waals surface area contributed by atoms with Crippen molar-refractivity contribution in [3.8, 4) is 0 Å². The Balaban J connectivity index is 2.28. The maximum atomic E-state index is 4.26. The molecule has 1 aromatic heterocycles. The molecule has 0 bridgehead atoms. The van der Waals surface area contributed by atoms with Gasteiger partial charge in [0, 0.05) is 31.4 Å². The van der Waals surface area contributed by atoms with Crippen LogP contribution in [0.1, 0.15) is 6.92 Å². The van der Waals surface area contributed by atoms with Gasteiger partial charge in [-0.15, -0.1) is 0 Å². The highest BCUT2D eigenvalue weighted by Gasteiger charge is 2.12. The van der Waals surface area contributed by atoms with Gasteiger partial charge in [0.05, 0.1) is 12.2 Å². The lowest BCUT2D eigenvalue weighted by atomic mass is 10.3. The van der Waals surface area contributed by atoms with Crippen LogP contribution in [0.3, 0.4) is 0 Å². The average molecular weight is 190 g/mol. The van der Waals surface area contributed by atoms with Crippen molar-refractivity contribution in [2.24, 2.45) is 4.99 Å². The van der Waals surface area contributed by atoms with E-state index in [4.69, 9.17) is 0 Å². The zero-order chi connectivity index (χ0) is 9.97. The molecular weight excluding hydrogens is 176 g/mol. The van der Waals surface area contributed by atoms with Crippen molar-refractivity contribution in [3.05, 3.63) is 24.2 Å². The van der Waals surface area contributed by atoms with Gasteiger partial charge in [0.2, 0.25) is 0 Å². The number of nitrogens with one attached hydrogen (secondary N) is 2. The number of H-pyrrole nitrogens is 1. The Morgan fingerprint density at radius 1 is 1.71 bits per heavy atom. The van der Waals surface area contributed by atoms with Gasteiger partial charge in [-0.2, -0.15) is 0 Å². The number of hydrogen-bond acceptors (Lipinski definition) is 3. The Bertz CT molecular complexity index is 375. The second-order valence-corrected chi connectivity index (χ2v) is 3.24. The molecular formula is C10H14N4. The monoisotopic (exact) mass is 190 g/mol. The molecule has 1 aliphatic rings. The molecule has 0 fully saturated rings. The van der Waals surface area contributed by atoms with E-state index in [1.165, 1.54) is 0 Å². The fourth-order valence-corrected chi connectivity index (χ4v) is 1.43. The number of fused-ring (bicyclic) bond motifs is 1. The van der Waals surface area contributed by atoms with Crippen LogP contribution >= 0.6 is 0 Å². The smallest absolute Gasteiger partial charge is 0.153 e. The number of nitrogens with zero attached hydrogens (tertiary/aromatic N) is 2. The molecule has 2 N–H and O–H groups in total. The van der Waals surface area contributed by atoms with Gasteiger partial charge >= 0.3 is 0 Å². The van der Waals surface area contributed by atoms with E-state index in [0.717, 1.165) is 23.7 Å². The van der Waals surface area contributed by atoms with Crippen LogP contribution in [0.2, 0.25) is 0 Å². The predicted octanol–water partition coefficient (Wildman–Crippen LogP) is 1.62. The number of rotatable bonds is 2. The lowest BCUT2D eigenvalue weighted by Gasteiger charge is -2.21. The van der Waals surface area contributed by atoms with E-state index in [-0.39, 0.29) is 0 Å². The minimum absolute atomic E-state index is 0.823. The Kier molecular flexibility index (Phi) is 2.26. The molecule has 4 nitrogen and oxygen atoms in total. The van der Waals surface area contributed by atoms with Gasteiger partial charge in [0.1, 0.15) is 0 Å². The van der Waals surface area contributed by atoms with E-state index >= 15 is 0 Å². The molecule has 1 aromatic rings. The van der Waals surface area contributed by atoms with E-state index < -0.39 is 0 Å². The molecule has 0 unspecified atom stereocenters. The number of allylic oxidation sites excluding steroid dienone is 1. The summed E-state index contributed by atoms with van der Waals surface area (Å²) in [4.78, 5) is 9.51. The Morgan fingerprint density at radius 2 is 2.57 bits per heavy atom. The minimum atomic E-state index is 0.823. The second-order valence-electron chi connectivity index (χ2n) is 3.24. The number of aromatic amines is 1. The van der Waals surface area contributed by atoms with E-state index in [1.807, 2.05) is 32.4 Å². The molecule has 0 saturated carbocycles. The normalized spacial score (nSPS) is 15.6. The van der Waals surface area contributed by atoms with E-state index in [2.05, 4.69) is 26.4 Å². The standard InChI is InChI=1S/C10H14N4/c1-8(11-2)7-14-6-5-13-10-9(14)3-4-12-10/h3-5,7,11-12H,6H2,1-2H3/b8-7-. The van der Waals surface area contributed by atoms with Crippen LogP contribution in [-0.2, 0) is 0 Å². The van der Waals surface area contributed by atoms with Crippen molar-refractivity contribution in [3.63, 3.8) is 0 Å². The molecule has 0 aliphatic carbocycles. The van der Waals surface area contributed by atoms with Crippen LogP contribution in [0.15, 0.2) is 29.2 Å². The topological polar surface area (TPSA) is 43.4 Å². The summed E-state index contributed by atoms with van der Waals surface area (Å²) in [5, 5.41) is 3.10. The molecule has 0 amide bonds. The Hall–Kier alpha value is -1.71. The Morgan fingerprint density at radius 3 is 3.36 bits per heavy atom. The SMILES string of the molecule is CN/C(C)=C\N1CC=Nc2[nH]ccc21. The van der Waals surface area contributed by atoms with Crippen LogP contribution in [0.4, 0.5) is 11.5 Å². The summed E-state index contributed by atoms with van der Waals surface area (Å²) < 4.78 is 0. The van der Waals surface area contributed by atoms with Gasteiger partial charge in [-0.05, 0) is 13.0 Å². The third kappa shape index (κ3) is 1.51. The van der Waals surface area contributed by atoms with Crippen LogP contribution in [0.25, 0.3) is 0 Å². The zero-order valence-corrected chi connectivity index (χ0v) is 8.41. The van der Waals surface area contributed by atoms with Crippen molar-refractivity contribution < 1.29 is 0 Å². The zero-order valence-electron chi connectivity index (χ0n) is 8.41. The molecule has 0 saturated heterocycles. The first-order valence-corrected chi connectivity index (χ1v) is 4.64. The summed E-state index contributed by atoms with van der Waals surface area (Å²) >= 11 is 0. The van der Waals surface area contributed by atoms with Gasteiger partial charge in [-0.1, -0.05) is 0 Å². The summed E-state index contributed by atoms with van der Waals surface area (Å²) in [6.07, 6.45) is 5.89. The maximum Gasteiger partial charge on any atom is 0.153 e. The summed E-state index contributed by atoms with van der Waals surface area (Å²) in [5.41, 5.74) is 2.26. The number of hydrogen-bond donors (Lipinski definition) is 2. The molecule has 2 heterocycles. The fraction of sp³-hybridized carbons (Fsp3) is 0.300. The molecule has 14 heavy (non-hydrogen) atoms. The van der Waals surface area contributed by atoms with Crippen molar-refractivity contribution >= 4 is 17.7 Å². The maximum absolute atomic E-state index is 4.26. The van der Waals surface area contributed by atoms with Crippen molar-refractivity contribution in [2.75, 3.05) is 18.5 Å². The van der Waals surface area contributed by atoms with Gasteiger partial charge in [-0.25, -0.2) is 4.99 Å². The lowest BCUT2D eigenvalue weighted by molar-refractivity contribution is 0.957. The van der Waals surface area contributed by atoms with Crippen LogP contribution in [0, 0.1) is 0 Å². The number of aliphatic imine (C=N–C) groups is 1. The molecule has 2 rings (SSSR count). The fourth-order valence-electron chi connectivity index (χ4n) is 1.43. The van der Waals surface area contributed by atoms with Gasteiger partial charge in [0.15, 0.2) is 5.82 Å². The Labute approximate surface area is 83.3 Å². The minimum Gasteiger partial charge on any atom is -0.390 e. The summed E-state index contributed by atoms with van der Waals surface area (Å²) in [7, 11) is 1.92. The van der Waals surface area contributed by atoms with Gasteiger partial charge in [0.25, 0.3) is 0 Å². The lowest BCUT2D eigenvalue weighted by Crippen LogP contribution is -2.22. The molecule has 4 heteroatoms. The third-order valence-electron chi connectivity index (χ3n) is 2.26. The third-order valence-corrected chi connectivity index (χ3v) is 2.26. The summed E-state index contributed by atoms with van der Waals surface area (Å²) in [6, 6.07) is 2.03. The summed E-state index contributed by atoms with van der Waals surface area (Å²) in [6.45, 7) is 2.86. The van der Waals surface area contributed by atoms with Crippen molar-refractivity contribution in [2.45, 2.75) is 6.92 Å². The highest BCUT2D eigenvalue weighted by molar-refractivity contribution is 5.80. The predicted molar refractivity (Wildman–Crippen MR) is 59.1 cm³/mol. The van der Waals surface area contributed by atoms with Crippen LogP contribution in [0.5, 0.6) is 0 Å².